The summed E-state index contributed by atoms with van der Waals surface area (Å²) in [5, 5.41) is 7.62. The van der Waals surface area contributed by atoms with Gasteiger partial charge in [-0.3, -0.25) is 9.69 Å². The molecule has 0 aliphatic carbocycles. The quantitative estimate of drug-likeness (QED) is 0.848. The first-order valence-electron chi connectivity index (χ1n) is 10.2. The number of amides is 1. The number of likely N-dealkylation sites (tertiary alicyclic amines) is 1. The van der Waals surface area contributed by atoms with E-state index in [1.165, 1.54) is 12.8 Å². The highest BCUT2D eigenvalue weighted by Gasteiger charge is 2.20. The smallest absolute Gasteiger partial charge is 0.220 e. The molecule has 2 aromatic rings. The number of hydrogen-bond acceptors (Lipinski definition) is 4. The first-order valence-corrected chi connectivity index (χ1v) is 10.2. The maximum Gasteiger partial charge on any atom is 0.220 e. The van der Waals surface area contributed by atoms with Crippen LogP contribution in [0.25, 0.3) is 5.65 Å². The van der Waals surface area contributed by atoms with Crippen LogP contribution < -0.4 is 5.32 Å². The molecule has 0 aromatic carbocycles. The Bertz CT molecular complexity index is 804. The minimum Gasteiger partial charge on any atom is -0.355 e. The van der Waals surface area contributed by atoms with Crippen LogP contribution in [0.4, 0.5) is 0 Å². The number of aryl methyl sites for hydroxylation is 3. The molecule has 148 valence electrons. The SMILES string of the molecule is Cc1cc2nc(C)c(CCC(=O)NCC(C)N3CCC(C)CC3)c(C)n2n1. The highest BCUT2D eigenvalue weighted by Crippen LogP contribution is 2.18. The molecule has 0 bridgehead atoms. The number of carbonyl (C=O) groups is 1. The Kier molecular flexibility index (Phi) is 6.15. The molecule has 6 nitrogen and oxygen atoms in total. The lowest BCUT2D eigenvalue weighted by molar-refractivity contribution is -0.121. The number of aromatic nitrogens is 3. The minimum absolute atomic E-state index is 0.114. The Hall–Kier alpha value is -1.95. The zero-order valence-electron chi connectivity index (χ0n) is 17.4. The van der Waals surface area contributed by atoms with Crippen molar-refractivity contribution in [2.75, 3.05) is 19.6 Å². The van der Waals surface area contributed by atoms with E-state index in [1.54, 1.807) is 0 Å². The molecule has 1 unspecified atom stereocenters. The van der Waals surface area contributed by atoms with Crippen molar-refractivity contribution < 1.29 is 4.79 Å². The third-order valence-electron chi connectivity index (χ3n) is 5.92. The van der Waals surface area contributed by atoms with Gasteiger partial charge in [0.1, 0.15) is 0 Å². The summed E-state index contributed by atoms with van der Waals surface area (Å²) >= 11 is 0. The van der Waals surface area contributed by atoms with Gasteiger partial charge in [-0.2, -0.15) is 5.10 Å². The Balaban J connectivity index is 1.52. The van der Waals surface area contributed by atoms with Crippen LogP contribution in [0.5, 0.6) is 0 Å². The van der Waals surface area contributed by atoms with Crippen LogP contribution in [-0.2, 0) is 11.2 Å². The second kappa shape index (κ2) is 8.38. The molecule has 27 heavy (non-hydrogen) atoms. The van der Waals surface area contributed by atoms with Crippen LogP contribution in [0.15, 0.2) is 6.07 Å². The molecular weight excluding hydrogens is 338 g/mol. The van der Waals surface area contributed by atoms with E-state index in [9.17, 15) is 4.79 Å². The van der Waals surface area contributed by atoms with E-state index in [-0.39, 0.29) is 5.91 Å². The molecule has 1 atom stereocenters. The molecule has 2 aromatic heterocycles. The van der Waals surface area contributed by atoms with Crippen LogP contribution >= 0.6 is 0 Å². The van der Waals surface area contributed by atoms with Gasteiger partial charge in [-0.1, -0.05) is 6.92 Å². The van der Waals surface area contributed by atoms with Gasteiger partial charge in [-0.25, -0.2) is 9.50 Å². The number of rotatable bonds is 6. The summed E-state index contributed by atoms with van der Waals surface area (Å²) in [6.45, 7) is 13.6. The van der Waals surface area contributed by atoms with Crippen LogP contribution in [0, 0.1) is 26.7 Å². The van der Waals surface area contributed by atoms with Crippen molar-refractivity contribution in [2.45, 2.75) is 66.3 Å². The fourth-order valence-corrected chi connectivity index (χ4v) is 3.99. The molecule has 1 aliphatic rings. The largest absolute Gasteiger partial charge is 0.355 e. The summed E-state index contributed by atoms with van der Waals surface area (Å²) in [5.74, 6) is 0.946. The van der Waals surface area contributed by atoms with E-state index >= 15 is 0 Å². The molecule has 1 fully saturated rings. The Morgan fingerprint density at radius 3 is 2.70 bits per heavy atom. The minimum atomic E-state index is 0.114. The van der Waals surface area contributed by atoms with E-state index < -0.39 is 0 Å². The van der Waals surface area contributed by atoms with Gasteiger partial charge < -0.3 is 5.32 Å². The maximum atomic E-state index is 12.4. The van der Waals surface area contributed by atoms with Crippen molar-refractivity contribution in [3.63, 3.8) is 0 Å². The van der Waals surface area contributed by atoms with Gasteiger partial charge in [0.05, 0.1) is 5.69 Å². The van der Waals surface area contributed by atoms with Crippen LogP contribution in [0.3, 0.4) is 0 Å². The third-order valence-corrected chi connectivity index (χ3v) is 5.92. The molecule has 1 amide bonds. The highest BCUT2D eigenvalue weighted by molar-refractivity contribution is 5.76. The van der Waals surface area contributed by atoms with Crippen molar-refractivity contribution in [3.8, 4) is 0 Å². The van der Waals surface area contributed by atoms with Crippen molar-refractivity contribution in [2.24, 2.45) is 5.92 Å². The molecular formula is C21H33N5O. The summed E-state index contributed by atoms with van der Waals surface area (Å²) in [4.78, 5) is 19.5. The average molecular weight is 372 g/mol. The zero-order chi connectivity index (χ0) is 19.6. The molecule has 0 saturated carbocycles. The van der Waals surface area contributed by atoms with Crippen molar-refractivity contribution in [3.05, 3.63) is 28.7 Å². The predicted molar refractivity (Wildman–Crippen MR) is 108 cm³/mol. The van der Waals surface area contributed by atoms with Gasteiger partial charge in [-0.05, 0) is 71.5 Å². The molecule has 0 radical (unpaired) electrons. The lowest BCUT2D eigenvalue weighted by Gasteiger charge is -2.35. The summed E-state index contributed by atoms with van der Waals surface area (Å²) in [5.41, 5.74) is 5.03. The predicted octanol–water partition coefficient (Wildman–Crippen LogP) is 2.82. The number of hydrogen-bond donors (Lipinski definition) is 1. The Labute approximate surface area is 162 Å². The van der Waals surface area contributed by atoms with Crippen molar-refractivity contribution in [1.29, 1.82) is 0 Å². The van der Waals surface area contributed by atoms with Gasteiger partial charge in [-0.15, -0.1) is 0 Å². The van der Waals surface area contributed by atoms with E-state index in [0.29, 0.717) is 18.9 Å². The fraction of sp³-hybridized carbons (Fsp3) is 0.667. The molecule has 1 aliphatic heterocycles. The zero-order valence-corrected chi connectivity index (χ0v) is 17.4. The van der Waals surface area contributed by atoms with Crippen molar-refractivity contribution >= 4 is 11.6 Å². The number of nitrogens with one attached hydrogen (secondary N) is 1. The molecule has 3 rings (SSSR count). The standard InChI is InChI=1S/C21H33N5O/c1-14-8-10-25(11-9-14)16(3)13-22-21(27)7-6-19-17(4)23-20-12-15(2)24-26(20)18(19)5/h12,14,16H,6-11,13H2,1-5H3,(H,22,27). The second-order valence-electron chi connectivity index (χ2n) is 8.19. The summed E-state index contributed by atoms with van der Waals surface area (Å²) < 4.78 is 1.88. The molecule has 0 spiro atoms. The monoisotopic (exact) mass is 371 g/mol. The van der Waals surface area contributed by atoms with Gasteiger partial charge >= 0.3 is 0 Å². The van der Waals surface area contributed by atoms with Crippen LogP contribution in [-0.4, -0.2) is 51.1 Å². The van der Waals surface area contributed by atoms with Crippen LogP contribution in [0.2, 0.25) is 0 Å². The molecule has 3 heterocycles. The van der Waals surface area contributed by atoms with E-state index in [0.717, 1.165) is 53.8 Å². The Morgan fingerprint density at radius 2 is 2.00 bits per heavy atom. The van der Waals surface area contributed by atoms with Crippen molar-refractivity contribution in [1.82, 2.24) is 24.8 Å². The average Bonchev–Trinajstić information content (AvgIpc) is 3.00. The molecule has 6 heteroatoms. The molecule has 1 N–H and O–H groups in total. The third kappa shape index (κ3) is 4.67. The first-order chi connectivity index (χ1) is 12.8. The summed E-state index contributed by atoms with van der Waals surface area (Å²) in [7, 11) is 0. The first kappa shape index (κ1) is 19.8. The number of fused-ring (bicyclic) bond motifs is 1. The summed E-state index contributed by atoms with van der Waals surface area (Å²) in [6, 6.07) is 2.38. The van der Waals surface area contributed by atoms with E-state index in [4.69, 9.17) is 0 Å². The summed E-state index contributed by atoms with van der Waals surface area (Å²) in [6.07, 6.45) is 3.71. The van der Waals surface area contributed by atoms with E-state index in [2.05, 4.69) is 41.1 Å². The Morgan fingerprint density at radius 1 is 1.30 bits per heavy atom. The maximum absolute atomic E-state index is 12.4. The number of carbonyl (C=O) groups excluding carboxylic acids is 1. The lowest BCUT2D eigenvalue weighted by atomic mass is 9.98. The topological polar surface area (TPSA) is 62.5 Å². The lowest BCUT2D eigenvalue weighted by Crippen LogP contribution is -2.45. The van der Waals surface area contributed by atoms with Gasteiger partial charge in [0.15, 0.2) is 5.65 Å². The van der Waals surface area contributed by atoms with E-state index in [1.807, 2.05) is 24.4 Å². The highest BCUT2D eigenvalue weighted by atomic mass is 16.1. The second-order valence-corrected chi connectivity index (χ2v) is 8.19. The van der Waals surface area contributed by atoms with Gasteiger partial charge in [0.2, 0.25) is 5.91 Å². The van der Waals surface area contributed by atoms with Gasteiger partial charge in [0, 0.05) is 36.5 Å². The number of nitrogens with zero attached hydrogens (tertiary/aromatic N) is 4. The fourth-order valence-electron chi connectivity index (χ4n) is 3.99. The number of piperidine rings is 1. The normalized spacial score (nSPS) is 17.4. The van der Waals surface area contributed by atoms with Crippen LogP contribution in [0.1, 0.15) is 55.8 Å². The molecule has 1 saturated heterocycles. The van der Waals surface area contributed by atoms with Gasteiger partial charge in [0.25, 0.3) is 0 Å².